The summed E-state index contributed by atoms with van der Waals surface area (Å²) in [6, 6.07) is 8.59. The van der Waals surface area contributed by atoms with Crippen LogP contribution in [0.1, 0.15) is 19.5 Å². The maximum absolute atomic E-state index is 12.0. The number of rotatable bonds is 4. The molecule has 102 valence electrons. The lowest BCUT2D eigenvalue weighted by Crippen LogP contribution is -2.13. The minimum Gasteiger partial charge on any atom is -0.325 e. The summed E-state index contributed by atoms with van der Waals surface area (Å²) in [4.78, 5) is 0.334. The summed E-state index contributed by atoms with van der Waals surface area (Å²) in [5, 5.41) is 6.53. The van der Waals surface area contributed by atoms with Crippen LogP contribution in [-0.2, 0) is 16.4 Å². The van der Waals surface area contributed by atoms with Gasteiger partial charge in [-0.1, -0.05) is 12.1 Å². The van der Waals surface area contributed by atoms with Crippen LogP contribution in [-0.4, -0.2) is 23.9 Å². The molecule has 0 amide bonds. The average Bonchev–Trinajstić information content (AvgIpc) is 2.87. The first kappa shape index (κ1) is 13.8. The van der Waals surface area contributed by atoms with Crippen molar-refractivity contribution < 1.29 is 8.42 Å². The Morgan fingerprint density at radius 2 is 1.89 bits per heavy atom. The zero-order valence-corrected chi connectivity index (χ0v) is 11.7. The highest BCUT2D eigenvalue weighted by molar-refractivity contribution is 7.92. The SMILES string of the molecule is CC(C)S(=O)(=O)c1ccc(-c2cc(CN)[nH]n2)cc1. The molecular formula is C13H17N3O2S. The minimum absolute atomic E-state index is 0.334. The van der Waals surface area contributed by atoms with Gasteiger partial charge in [-0.2, -0.15) is 5.10 Å². The molecule has 3 N–H and O–H groups in total. The predicted octanol–water partition coefficient (Wildman–Crippen LogP) is 1.72. The molecule has 2 aromatic rings. The van der Waals surface area contributed by atoms with E-state index in [1.807, 2.05) is 6.07 Å². The van der Waals surface area contributed by atoms with Crippen LogP contribution < -0.4 is 5.73 Å². The highest BCUT2D eigenvalue weighted by Gasteiger charge is 2.18. The van der Waals surface area contributed by atoms with E-state index in [1.54, 1.807) is 38.1 Å². The third-order valence-corrected chi connectivity index (χ3v) is 5.12. The van der Waals surface area contributed by atoms with E-state index >= 15 is 0 Å². The van der Waals surface area contributed by atoms with Gasteiger partial charge < -0.3 is 5.73 Å². The summed E-state index contributed by atoms with van der Waals surface area (Å²) in [6.07, 6.45) is 0. The molecular weight excluding hydrogens is 262 g/mol. The van der Waals surface area contributed by atoms with Crippen LogP contribution in [0.2, 0.25) is 0 Å². The van der Waals surface area contributed by atoms with Crippen molar-refractivity contribution in [2.75, 3.05) is 0 Å². The monoisotopic (exact) mass is 279 g/mol. The molecule has 6 heteroatoms. The van der Waals surface area contributed by atoms with E-state index in [0.29, 0.717) is 11.4 Å². The molecule has 0 atom stereocenters. The Kier molecular flexibility index (Phi) is 3.73. The Hall–Kier alpha value is -1.66. The highest BCUT2D eigenvalue weighted by atomic mass is 32.2. The van der Waals surface area contributed by atoms with Crippen molar-refractivity contribution in [1.82, 2.24) is 10.2 Å². The van der Waals surface area contributed by atoms with Crippen molar-refractivity contribution in [3.8, 4) is 11.3 Å². The fourth-order valence-corrected chi connectivity index (χ4v) is 2.76. The van der Waals surface area contributed by atoms with Gasteiger partial charge in [-0.15, -0.1) is 0 Å². The number of sulfone groups is 1. The quantitative estimate of drug-likeness (QED) is 0.891. The van der Waals surface area contributed by atoms with Crippen molar-refractivity contribution in [2.45, 2.75) is 30.5 Å². The van der Waals surface area contributed by atoms with Crippen LogP contribution in [0.3, 0.4) is 0 Å². The molecule has 0 spiro atoms. The largest absolute Gasteiger partial charge is 0.325 e. The number of nitrogens with two attached hydrogens (primary N) is 1. The fraction of sp³-hybridized carbons (Fsp3) is 0.308. The summed E-state index contributed by atoms with van der Waals surface area (Å²) in [5.74, 6) is 0. The number of aromatic amines is 1. The van der Waals surface area contributed by atoms with Crippen LogP contribution in [0.15, 0.2) is 35.2 Å². The first-order valence-corrected chi connectivity index (χ1v) is 7.58. The zero-order chi connectivity index (χ0) is 14.0. The number of benzene rings is 1. The van der Waals surface area contributed by atoms with E-state index in [9.17, 15) is 8.42 Å². The molecule has 0 radical (unpaired) electrons. The fourth-order valence-electron chi connectivity index (χ4n) is 1.70. The first-order valence-electron chi connectivity index (χ1n) is 6.04. The zero-order valence-electron chi connectivity index (χ0n) is 10.9. The van der Waals surface area contributed by atoms with Gasteiger partial charge in [-0.25, -0.2) is 8.42 Å². The van der Waals surface area contributed by atoms with Crippen LogP contribution in [0.25, 0.3) is 11.3 Å². The van der Waals surface area contributed by atoms with Crippen molar-refractivity contribution in [3.63, 3.8) is 0 Å². The van der Waals surface area contributed by atoms with Crippen molar-refractivity contribution >= 4 is 9.84 Å². The van der Waals surface area contributed by atoms with Crippen molar-refractivity contribution in [2.24, 2.45) is 5.73 Å². The van der Waals surface area contributed by atoms with E-state index in [0.717, 1.165) is 17.0 Å². The van der Waals surface area contributed by atoms with E-state index in [-0.39, 0.29) is 0 Å². The van der Waals surface area contributed by atoms with Gasteiger partial charge >= 0.3 is 0 Å². The number of nitrogens with one attached hydrogen (secondary N) is 1. The summed E-state index contributed by atoms with van der Waals surface area (Å²) in [6.45, 7) is 3.74. The summed E-state index contributed by atoms with van der Waals surface area (Å²) < 4.78 is 24.0. The molecule has 19 heavy (non-hydrogen) atoms. The number of nitrogens with zero attached hydrogens (tertiary/aromatic N) is 1. The van der Waals surface area contributed by atoms with E-state index in [4.69, 9.17) is 5.73 Å². The lowest BCUT2D eigenvalue weighted by atomic mass is 10.1. The van der Waals surface area contributed by atoms with E-state index in [1.165, 1.54) is 0 Å². The maximum atomic E-state index is 12.0. The highest BCUT2D eigenvalue weighted by Crippen LogP contribution is 2.22. The molecule has 0 aliphatic carbocycles. The Balaban J connectivity index is 2.33. The van der Waals surface area contributed by atoms with E-state index in [2.05, 4.69) is 10.2 Å². The van der Waals surface area contributed by atoms with Gasteiger partial charge in [-0.05, 0) is 32.0 Å². The third-order valence-electron chi connectivity index (χ3n) is 2.95. The average molecular weight is 279 g/mol. The van der Waals surface area contributed by atoms with Crippen LogP contribution in [0, 0.1) is 0 Å². The van der Waals surface area contributed by atoms with E-state index < -0.39 is 15.1 Å². The molecule has 0 fully saturated rings. The van der Waals surface area contributed by atoms with Crippen molar-refractivity contribution in [3.05, 3.63) is 36.0 Å². The molecule has 1 aromatic carbocycles. The van der Waals surface area contributed by atoms with Gasteiger partial charge in [0.1, 0.15) is 0 Å². The Morgan fingerprint density at radius 3 is 2.37 bits per heavy atom. The van der Waals surface area contributed by atoms with Gasteiger partial charge in [0.2, 0.25) is 0 Å². The van der Waals surface area contributed by atoms with Crippen LogP contribution in [0.5, 0.6) is 0 Å². The molecule has 0 bridgehead atoms. The Labute approximate surface area is 112 Å². The second kappa shape index (κ2) is 5.14. The molecule has 5 nitrogen and oxygen atoms in total. The molecule has 1 aromatic heterocycles. The second-order valence-corrected chi connectivity index (χ2v) is 7.10. The predicted molar refractivity (Wildman–Crippen MR) is 74.2 cm³/mol. The lowest BCUT2D eigenvalue weighted by Gasteiger charge is -2.07. The van der Waals surface area contributed by atoms with Gasteiger partial charge in [-0.3, -0.25) is 5.10 Å². The van der Waals surface area contributed by atoms with Crippen molar-refractivity contribution in [1.29, 1.82) is 0 Å². The standard InChI is InChI=1S/C13H17N3O2S/c1-9(2)19(17,18)12-5-3-10(4-6-12)13-7-11(8-14)15-16-13/h3-7,9H,8,14H2,1-2H3,(H,15,16). The molecule has 0 aliphatic heterocycles. The number of hydrogen-bond donors (Lipinski definition) is 2. The smallest absolute Gasteiger partial charge is 0.180 e. The number of H-pyrrole nitrogens is 1. The lowest BCUT2D eigenvalue weighted by molar-refractivity contribution is 0.587. The Bertz CT molecular complexity index is 657. The normalized spacial score (nSPS) is 12.0. The third kappa shape index (κ3) is 2.69. The molecule has 0 saturated carbocycles. The molecule has 0 saturated heterocycles. The Morgan fingerprint density at radius 1 is 1.26 bits per heavy atom. The van der Waals surface area contributed by atoms with Crippen LogP contribution in [0.4, 0.5) is 0 Å². The minimum atomic E-state index is -3.22. The summed E-state index contributed by atoms with van der Waals surface area (Å²) in [5.41, 5.74) is 7.96. The summed E-state index contributed by atoms with van der Waals surface area (Å²) >= 11 is 0. The maximum Gasteiger partial charge on any atom is 0.180 e. The molecule has 0 aliphatic rings. The first-order chi connectivity index (χ1) is 8.95. The summed E-state index contributed by atoms with van der Waals surface area (Å²) in [7, 11) is -3.22. The number of hydrogen-bond acceptors (Lipinski definition) is 4. The molecule has 2 rings (SSSR count). The van der Waals surface area contributed by atoms with Gasteiger partial charge in [0.15, 0.2) is 9.84 Å². The van der Waals surface area contributed by atoms with Gasteiger partial charge in [0.25, 0.3) is 0 Å². The number of aromatic nitrogens is 2. The van der Waals surface area contributed by atoms with Crippen LogP contribution >= 0.6 is 0 Å². The molecule has 1 heterocycles. The molecule has 0 unspecified atom stereocenters. The second-order valence-electron chi connectivity index (χ2n) is 4.60. The topological polar surface area (TPSA) is 88.8 Å². The van der Waals surface area contributed by atoms with Gasteiger partial charge in [0.05, 0.1) is 15.8 Å². The van der Waals surface area contributed by atoms with Gasteiger partial charge in [0, 0.05) is 17.8 Å².